The molecule has 32 heavy (non-hydrogen) atoms. The lowest BCUT2D eigenvalue weighted by Crippen LogP contribution is -3.00. The highest BCUT2D eigenvalue weighted by atomic mass is 35.5. The van der Waals surface area contributed by atoms with Crippen LogP contribution in [0, 0.1) is 20.8 Å². The van der Waals surface area contributed by atoms with E-state index in [0.29, 0.717) is 0 Å². The van der Waals surface area contributed by atoms with E-state index in [1.807, 2.05) is 0 Å². The molecule has 4 aromatic rings. The second kappa shape index (κ2) is 10.3. The van der Waals surface area contributed by atoms with Crippen LogP contribution in [0.1, 0.15) is 22.3 Å². The number of methoxy groups -OCH3 is 1. The van der Waals surface area contributed by atoms with E-state index in [1.165, 1.54) is 38.2 Å². The third-order valence-corrected chi connectivity index (χ3v) is 10.6. The molecule has 0 N–H and O–H groups in total. The van der Waals surface area contributed by atoms with E-state index in [2.05, 4.69) is 118 Å². The van der Waals surface area contributed by atoms with Gasteiger partial charge in [0, 0.05) is 0 Å². The Bertz CT molecular complexity index is 1060. The van der Waals surface area contributed by atoms with Crippen molar-refractivity contribution in [3.05, 3.63) is 119 Å². The van der Waals surface area contributed by atoms with Gasteiger partial charge in [0.1, 0.15) is 28.9 Å². The Morgan fingerprint density at radius 3 is 1.41 bits per heavy atom. The van der Waals surface area contributed by atoms with E-state index in [-0.39, 0.29) is 12.4 Å². The molecule has 0 fully saturated rings. The smallest absolute Gasteiger partial charge is 0.125 e. The Balaban J connectivity index is 0.00000289. The first kappa shape index (κ1) is 24.1. The minimum Gasteiger partial charge on any atom is -1.00 e. The van der Waals surface area contributed by atoms with Crippen molar-refractivity contribution in [3.8, 4) is 5.75 Å². The van der Waals surface area contributed by atoms with E-state index in [9.17, 15) is 0 Å². The Kier molecular flexibility index (Phi) is 7.77. The molecule has 0 saturated heterocycles. The number of benzene rings is 4. The summed E-state index contributed by atoms with van der Waals surface area (Å²) in [5, 5.41) is 4.22. The minimum atomic E-state index is -1.93. The highest BCUT2D eigenvalue weighted by molar-refractivity contribution is 7.95. The first-order chi connectivity index (χ1) is 15.1. The number of rotatable bonds is 6. The molecule has 0 amide bonds. The molecule has 4 rings (SSSR count). The predicted octanol–water partition coefficient (Wildman–Crippen LogP) is 3.12. The quantitative estimate of drug-likeness (QED) is 0.402. The van der Waals surface area contributed by atoms with Gasteiger partial charge in [-0.15, -0.1) is 0 Å². The molecule has 0 aliphatic rings. The van der Waals surface area contributed by atoms with Gasteiger partial charge >= 0.3 is 0 Å². The van der Waals surface area contributed by atoms with Gasteiger partial charge in [0.15, 0.2) is 0 Å². The lowest BCUT2D eigenvalue weighted by molar-refractivity contribution is -0.00000653. The minimum absolute atomic E-state index is 0. The lowest BCUT2D eigenvalue weighted by atomic mass is 9.99. The SMILES string of the molecule is COc1c(C)cc(C)c(C[P+](c2ccccc2)(c2ccccc2)c2ccccc2)c1C.[Cl-]. The fourth-order valence-electron chi connectivity index (χ4n) is 4.77. The normalized spacial score (nSPS) is 11.0. The topological polar surface area (TPSA) is 9.23 Å². The third-order valence-electron chi connectivity index (χ3n) is 6.25. The highest BCUT2D eigenvalue weighted by Gasteiger charge is 2.46. The molecule has 164 valence electrons. The van der Waals surface area contributed by atoms with Crippen molar-refractivity contribution in [2.75, 3.05) is 7.11 Å². The van der Waals surface area contributed by atoms with Crippen LogP contribution in [0.2, 0.25) is 0 Å². The zero-order valence-corrected chi connectivity index (χ0v) is 20.8. The molecule has 0 bridgehead atoms. The van der Waals surface area contributed by atoms with E-state index < -0.39 is 7.26 Å². The summed E-state index contributed by atoms with van der Waals surface area (Å²) < 4.78 is 5.82. The van der Waals surface area contributed by atoms with Gasteiger partial charge in [0.25, 0.3) is 0 Å². The summed E-state index contributed by atoms with van der Waals surface area (Å²) in [6.45, 7) is 6.59. The van der Waals surface area contributed by atoms with Crippen LogP contribution >= 0.6 is 7.26 Å². The molecule has 3 heteroatoms. The van der Waals surface area contributed by atoms with Crippen molar-refractivity contribution < 1.29 is 17.1 Å². The predicted molar refractivity (Wildman–Crippen MR) is 136 cm³/mol. The van der Waals surface area contributed by atoms with E-state index in [1.54, 1.807) is 7.11 Å². The van der Waals surface area contributed by atoms with Crippen molar-refractivity contribution in [1.82, 2.24) is 0 Å². The molecule has 0 unspecified atom stereocenters. The second-order valence-corrected chi connectivity index (χ2v) is 11.6. The van der Waals surface area contributed by atoms with Crippen LogP contribution in [0.5, 0.6) is 5.75 Å². The van der Waals surface area contributed by atoms with Crippen molar-refractivity contribution in [2.45, 2.75) is 26.9 Å². The fraction of sp³-hybridized carbons (Fsp3) is 0.172. The third kappa shape index (κ3) is 4.33. The van der Waals surface area contributed by atoms with Crippen molar-refractivity contribution in [1.29, 1.82) is 0 Å². The maximum absolute atomic E-state index is 5.82. The van der Waals surface area contributed by atoms with Crippen molar-refractivity contribution >= 4 is 23.2 Å². The van der Waals surface area contributed by atoms with E-state index >= 15 is 0 Å². The second-order valence-electron chi connectivity index (χ2n) is 8.12. The average molecular weight is 461 g/mol. The fourth-order valence-corrected chi connectivity index (χ4v) is 9.22. The molecular weight excluding hydrogens is 431 g/mol. The molecule has 0 spiro atoms. The van der Waals surface area contributed by atoms with Crippen LogP contribution in [-0.2, 0) is 6.16 Å². The van der Waals surface area contributed by atoms with Crippen LogP contribution in [-0.4, -0.2) is 7.11 Å². The van der Waals surface area contributed by atoms with Crippen LogP contribution < -0.4 is 33.1 Å². The summed E-state index contributed by atoms with van der Waals surface area (Å²) in [6, 6.07) is 35.5. The zero-order valence-electron chi connectivity index (χ0n) is 19.2. The van der Waals surface area contributed by atoms with Gasteiger partial charge in [-0.25, -0.2) is 0 Å². The molecule has 0 aliphatic carbocycles. The maximum Gasteiger partial charge on any atom is 0.125 e. The number of aryl methyl sites for hydroxylation is 2. The van der Waals surface area contributed by atoms with Gasteiger partial charge in [-0.05, 0) is 79.4 Å². The van der Waals surface area contributed by atoms with Gasteiger partial charge in [-0.1, -0.05) is 60.7 Å². The number of hydrogen-bond acceptors (Lipinski definition) is 1. The molecule has 0 atom stereocenters. The molecule has 4 aromatic carbocycles. The Morgan fingerprint density at radius 1 is 0.625 bits per heavy atom. The Hall–Kier alpha value is -2.60. The molecular formula is C29H30ClOP. The zero-order chi connectivity index (χ0) is 21.8. The van der Waals surface area contributed by atoms with Crippen molar-refractivity contribution in [3.63, 3.8) is 0 Å². The summed E-state index contributed by atoms with van der Waals surface area (Å²) in [5.74, 6) is 1.01. The Labute approximate surface area is 199 Å². The van der Waals surface area contributed by atoms with Gasteiger partial charge in [-0.3, -0.25) is 0 Å². The lowest BCUT2D eigenvalue weighted by Gasteiger charge is -2.29. The molecule has 0 aromatic heterocycles. The molecule has 0 heterocycles. The number of hydrogen-bond donors (Lipinski definition) is 0. The first-order valence-electron chi connectivity index (χ1n) is 10.8. The molecule has 0 saturated carbocycles. The maximum atomic E-state index is 5.82. The largest absolute Gasteiger partial charge is 1.00 e. The van der Waals surface area contributed by atoms with Crippen LogP contribution in [0.4, 0.5) is 0 Å². The average Bonchev–Trinajstić information content (AvgIpc) is 2.81. The standard InChI is InChI=1S/C29H30OP.ClH/c1-22-20-23(2)29(30-4)24(3)28(22)21-31(25-14-8-5-9-15-25,26-16-10-6-11-17-26)27-18-12-7-13-19-27;/h5-20H,21H2,1-4H3;1H/q+1;/p-1. The highest BCUT2D eigenvalue weighted by Crippen LogP contribution is 2.59. The number of ether oxygens (including phenoxy) is 1. The van der Waals surface area contributed by atoms with Crippen LogP contribution in [0.15, 0.2) is 97.1 Å². The van der Waals surface area contributed by atoms with Crippen LogP contribution in [0.3, 0.4) is 0 Å². The molecule has 0 radical (unpaired) electrons. The summed E-state index contributed by atoms with van der Waals surface area (Å²) in [4.78, 5) is 0. The van der Waals surface area contributed by atoms with E-state index in [4.69, 9.17) is 4.74 Å². The first-order valence-corrected chi connectivity index (χ1v) is 12.7. The molecule has 1 nitrogen and oxygen atoms in total. The summed E-state index contributed by atoms with van der Waals surface area (Å²) in [7, 11) is -0.150. The monoisotopic (exact) mass is 460 g/mol. The summed E-state index contributed by atoms with van der Waals surface area (Å²) in [5.41, 5.74) is 5.19. The van der Waals surface area contributed by atoms with Gasteiger partial charge < -0.3 is 17.1 Å². The van der Waals surface area contributed by atoms with Crippen molar-refractivity contribution in [2.24, 2.45) is 0 Å². The summed E-state index contributed by atoms with van der Waals surface area (Å²) in [6.07, 6.45) is 0.972. The van der Waals surface area contributed by atoms with E-state index in [0.717, 1.165) is 11.9 Å². The van der Waals surface area contributed by atoms with Crippen LogP contribution in [0.25, 0.3) is 0 Å². The molecule has 0 aliphatic heterocycles. The summed E-state index contributed by atoms with van der Waals surface area (Å²) >= 11 is 0. The van der Waals surface area contributed by atoms with Gasteiger partial charge in [-0.2, -0.15) is 0 Å². The van der Waals surface area contributed by atoms with Gasteiger partial charge in [0.2, 0.25) is 0 Å². The van der Waals surface area contributed by atoms with Gasteiger partial charge in [0.05, 0.1) is 13.3 Å². The number of halogens is 1. The Morgan fingerprint density at radius 2 is 1.03 bits per heavy atom.